The van der Waals surface area contributed by atoms with E-state index in [0.29, 0.717) is 5.56 Å². The molecule has 1 aromatic carbocycles. The highest BCUT2D eigenvalue weighted by atomic mass is 16.6. The van der Waals surface area contributed by atoms with Gasteiger partial charge >= 0.3 is 0 Å². The molecule has 1 aromatic rings. The van der Waals surface area contributed by atoms with Crippen LogP contribution in [0.1, 0.15) is 16.8 Å². The molecular weight excluding hydrogens is 260 g/mol. The Morgan fingerprint density at radius 1 is 1.20 bits per heavy atom. The summed E-state index contributed by atoms with van der Waals surface area (Å²) in [6, 6.07) is 8.64. The van der Waals surface area contributed by atoms with Crippen molar-refractivity contribution in [2.45, 2.75) is 18.0 Å². The van der Waals surface area contributed by atoms with Crippen molar-refractivity contribution in [3.8, 4) is 0 Å². The lowest BCUT2D eigenvalue weighted by Gasteiger charge is -2.40. The fraction of sp³-hybridized carbons (Fsp3) is 0.400. The number of ether oxygens (including phenoxy) is 2. The fourth-order valence-corrected chi connectivity index (χ4v) is 2.34. The molecule has 1 aliphatic rings. The minimum atomic E-state index is -1.81. The number of Topliss-reactive ketones (excluding diaryl/α,β-unsaturated/α-hetero) is 1. The van der Waals surface area contributed by atoms with Gasteiger partial charge in [0.1, 0.15) is 0 Å². The van der Waals surface area contributed by atoms with Crippen molar-refractivity contribution < 1.29 is 24.5 Å². The molecule has 0 fully saturated rings. The summed E-state index contributed by atoms with van der Waals surface area (Å²) in [6.07, 6.45) is 2.55. The number of carbonyl (C=O) groups is 1. The van der Waals surface area contributed by atoms with Crippen molar-refractivity contribution in [1.29, 1.82) is 0 Å². The largest absolute Gasteiger partial charge is 0.364 e. The molecule has 0 saturated heterocycles. The van der Waals surface area contributed by atoms with Gasteiger partial charge < -0.3 is 19.7 Å². The second-order valence-corrected chi connectivity index (χ2v) is 4.84. The second-order valence-electron chi connectivity index (χ2n) is 4.84. The predicted octanol–water partition coefficient (Wildman–Crippen LogP) is 1.12. The van der Waals surface area contributed by atoms with E-state index in [1.807, 2.05) is 0 Å². The summed E-state index contributed by atoms with van der Waals surface area (Å²) >= 11 is 0. The van der Waals surface area contributed by atoms with Crippen molar-refractivity contribution in [1.82, 2.24) is 0 Å². The highest BCUT2D eigenvalue weighted by Crippen LogP contribution is 2.37. The van der Waals surface area contributed by atoms with Gasteiger partial charge in [0.05, 0.1) is 12.3 Å². The number of hydrogen-bond acceptors (Lipinski definition) is 5. The number of ketones is 1. The first-order valence-corrected chi connectivity index (χ1v) is 6.28. The number of benzene rings is 1. The fourth-order valence-electron chi connectivity index (χ4n) is 2.34. The van der Waals surface area contributed by atoms with E-state index in [1.165, 1.54) is 26.4 Å². The number of aliphatic hydroxyl groups is 2. The Bertz CT molecular complexity index is 512. The Hall–Kier alpha value is -1.53. The molecule has 1 aliphatic carbocycles. The van der Waals surface area contributed by atoms with E-state index in [0.717, 1.165) is 0 Å². The molecule has 5 nitrogen and oxygen atoms in total. The average molecular weight is 278 g/mol. The van der Waals surface area contributed by atoms with E-state index in [4.69, 9.17) is 9.47 Å². The number of hydrogen-bond donors (Lipinski definition) is 2. The SMILES string of the molecule is COC1(O)C=CC(C(=O)c2ccccc2)C(O)(OC)C1. The molecule has 5 heteroatoms. The predicted molar refractivity (Wildman–Crippen MR) is 71.9 cm³/mol. The molecule has 2 N–H and O–H groups in total. The van der Waals surface area contributed by atoms with E-state index >= 15 is 0 Å². The topological polar surface area (TPSA) is 76.0 Å². The van der Waals surface area contributed by atoms with Crippen LogP contribution >= 0.6 is 0 Å². The van der Waals surface area contributed by atoms with Crippen molar-refractivity contribution >= 4 is 5.78 Å². The third-order valence-corrected chi connectivity index (χ3v) is 3.59. The molecule has 0 aliphatic heterocycles. The van der Waals surface area contributed by atoms with Crippen LogP contribution in [0.3, 0.4) is 0 Å². The zero-order valence-electron chi connectivity index (χ0n) is 11.4. The third kappa shape index (κ3) is 2.66. The van der Waals surface area contributed by atoms with Crippen LogP contribution in [-0.4, -0.2) is 41.8 Å². The molecule has 0 spiro atoms. The van der Waals surface area contributed by atoms with Crippen LogP contribution in [0.25, 0.3) is 0 Å². The van der Waals surface area contributed by atoms with Crippen LogP contribution in [0.4, 0.5) is 0 Å². The van der Waals surface area contributed by atoms with Crippen LogP contribution in [0.2, 0.25) is 0 Å². The molecule has 0 bridgehead atoms. The monoisotopic (exact) mass is 278 g/mol. The molecular formula is C15H18O5. The summed E-state index contributed by atoms with van der Waals surface area (Å²) in [5, 5.41) is 20.6. The van der Waals surface area contributed by atoms with Crippen LogP contribution in [-0.2, 0) is 9.47 Å². The zero-order valence-corrected chi connectivity index (χ0v) is 11.4. The standard InChI is InChI=1S/C15H18O5/c1-19-14(17)9-8-12(15(18,10-14)20-2)13(16)11-6-4-3-5-7-11/h3-9,12,17-18H,10H2,1-2H3. The summed E-state index contributed by atoms with van der Waals surface area (Å²) in [4.78, 5) is 12.5. The van der Waals surface area contributed by atoms with Gasteiger partial charge in [0, 0.05) is 19.8 Å². The van der Waals surface area contributed by atoms with Gasteiger partial charge in [-0.2, -0.15) is 0 Å². The number of carbonyl (C=O) groups excluding carboxylic acids is 1. The zero-order chi connectivity index (χ0) is 14.8. The normalized spacial score (nSPS) is 33.1. The van der Waals surface area contributed by atoms with Gasteiger partial charge in [-0.25, -0.2) is 0 Å². The Morgan fingerprint density at radius 2 is 1.85 bits per heavy atom. The van der Waals surface area contributed by atoms with Gasteiger partial charge in [-0.1, -0.05) is 36.4 Å². The lowest BCUT2D eigenvalue weighted by atomic mass is 9.81. The van der Waals surface area contributed by atoms with Gasteiger partial charge in [0.15, 0.2) is 17.4 Å². The van der Waals surface area contributed by atoms with Crippen LogP contribution in [0.15, 0.2) is 42.5 Å². The quantitative estimate of drug-likeness (QED) is 0.490. The Labute approximate surface area is 117 Å². The molecule has 108 valence electrons. The molecule has 3 atom stereocenters. The lowest BCUT2D eigenvalue weighted by Crippen LogP contribution is -2.52. The first kappa shape index (κ1) is 14.9. The van der Waals surface area contributed by atoms with Crippen molar-refractivity contribution in [3.05, 3.63) is 48.0 Å². The van der Waals surface area contributed by atoms with Crippen molar-refractivity contribution in [2.75, 3.05) is 14.2 Å². The third-order valence-electron chi connectivity index (χ3n) is 3.59. The van der Waals surface area contributed by atoms with E-state index in [9.17, 15) is 15.0 Å². The van der Waals surface area contributed by atoms with Gasteiger partial charge in [-0.15, -0.1) is 0 Å². The van der Waals surface area contributed by atoms with Gasteiger partial charge in [-0.05, 0) is 6.08 Å². The summed E-state index contributed by atoms with van der Waals surface area (Å²) < 4.78 is 10.0. The molecule has 0 aromatic heterocycles. The maximum Gasteiger partial charge on any atom is 0.190 e. The molecule has 20 heavy (non-hydrogen) atoms. The van der Waals surface area contributed by atoms with Gasteiger partial charge in [0.2, 0.25) is 0 Å². The minimum absolute atomic E-state index is 0.243. The molecule has 0 amide bonds. The van der Waals surface area contributed by atoms with Crippen molar-refractivity contribution in [2.24, 2.45) is 5.92 Å². The van der Waals surface area contributed by atoms with Crippen LogP contribution in [0.5, 0.6) is 0 Å². The summed E-state index contributed by atoms with van der Waals surface area (Å²) in [7, 11) is 2.61. The Morgan fingerprint density at radius 3 is 2.40 bits per heavy atom. The minimum Gasteiger partial charge on any atom is -0.364 e. The number of rotatable bonds is 4. The first-order valence-electron chi connectivity index (χ1n) is 6.28. The van der Waals surface area contributed by atoms with Gasteiger partial charge in [0.25, 0.3) is 0 Å². The second kappa shape index (κ2) is 5.46. The van der Waals surface area contributed by atoms with E-state index in [1.54, 1.807) is 30.3 Å². The number of methoxy groups -OCH3 is 2. The Kier molecular flexibility index (Phi) is 4.06. The van der Waals surface area contributed by atoms with Crippen LogP contribution < -0.4 is 0 Å². The first-order chi connectivity index (χ1) is 9.44. The molecule has 0 saturated carbocycles. The highest BCUT2D eigenvalue weighted by Gasteiger charge is 2.49. The molecule has 3 unspecified atom stereocenters. The highest BCUT2D eigenvalue weighted by molar-refractivity contribution is 5.99. The van der Waals surface area contributed by atoms with E-state index in [-0.39, 0.29) is 12.2 Å². The summed E-state index contributed by atoms with van der Waals surface area (Å²) in [5.74, 6) is -4.63. The maximum atomic E-state index is 12.5. The molecule has 0 heterocycles. The molecule has 0 radical (unpaired) electrons. The Balaban J connectivity index is 2.35. The maximum absolute atomic E-state index is 12.5. The molecule has 2 rings (SSSR count). The summed E-state index contributed by atoms with van der Waals surface area (Å²) in [5.41, 5.74) is 0.473. The smallest absolute Gasteiger partial charge is 0.190 e. The van der Waals surface area contributed by atoms with E-state index < -0.39 is 17.5 Å². The average Bonchev–Trinajstić information content (AvgIpc) is 2.47. The van der Waals surface area contributed by atoms with E-state index in [2.05, 4.69) is 0 Å². The summed E-state index contributed by atoms with van der Waals surface area (Å²) in [6.45, 7) is 0. The lowest BCUT2D eigenvalue weighted by molar-refractivity contribution is -0.272. The van der Waals surface area contributed by atoms with Gasteiger partial charge in [-0.3, -0.25) is 4.79 Å². The van der Waals surface area contributed by atoms with Crippen molar-refractivity contribution in [3.63, 3.8) is 0 Å². The van der Waals surface area contributed by atoms with Crippen LogP contribution in [0, 0.1) is 5.92 Å².